The number of carbonyl (C=O) groups is 2. The number of allylic oxidation sites excluding steroid dienone is 4. The maximum atomic E-state index is 12.8. The van der Waals surface area contributed by atoms with E-state index in [1.807, 2.05) is 0 Å². The van der Waals surface area contributed by atoms with Crippen molar-refractivity contribution in [1.29, 1.82) is 0 Å². The molecule has 1 rings (SSSR count). The van der Waals surface area contributed by atoms with Gasteiger partial charge >= 0.3 is 0 Å². The molecule has 1 aromatic heterocycles. The summed E-state index contributed by atoms with van der Waals surface area (Å²) in [6, 6.07) is 3.21. The van der Waals surface area contributed by atoms with Crippen LogP contribution in [0.5, 0.6) is 0 Å². The molecule has 23 heavy (non-hydrogen) atoms. The predicted molar refractivity (Wildman–Crippen MR) is 87.3 cm³/mol. The van der Waals surface area contributed by atoms with Gasteiger partial charge in [-0.2, -0.15) is 0 Å². The standard InChI is InChI=1S/C18H17FN2O2/c1-4-6-14-8-9-17(20-12-14)18(23)21-16(7-5-2)10-15(11-19)13(3)22/h5,7-10,12H,2,11H2,1,3H3,(H,21,23)/b15-10+,16-7+. The Morgan fingerprint density at radius 3 is 2.65 bits per heavy atom. The monoisotopic (exact) mass is 312 g/mol. The third-order valence-corrected chi connectivity index (χ3v) is 2.75. The maximum absolute atomic E-state index is 12.8. The molecule has 0 aliphatic carbocycles. The fraction of sp³-hybridized carbons (Fsp3) is 0.167. The molecule has 1 amide bonds. The number of nitrogens with zero attached hydrogens (tertiary/aromatic N) is 1. The van der Waals surface area contributed by atoms with Crippen molar-refractivity contribution in [2.45, 2.75) is 13.8 Å². The van der Waals surface area contributed by atoms with Gasteiger partial charge in [-0.25, -0.2) is 9.37 Å². The lowest BCUT2D eigenvalue weighted by molar-refractivity contribution is -0.113. The van der Waals surface area contributed by atoms with Crippen LogP contribution in [-0.4, -0.2) is 23.3 Å². The van der Waals surface area contributed by atoms with E-state index >= 15 is 0 Å². The van der Waals surface area contributed by atoms with Gasteiger partial charge in [0.25, 0.3) is 5.91 Å². The lowest BCUT2D eigenvalue weighted by atomic mass is 10.1. The Morgan fingerprint density at radius 2 is 2.17 bits per heavy atom. The minimum absolute atomic E-state index is 0.0417. The molecule has 1 N–H and O–H groups in total. The second kappa shape index (κ2) is 9.11. The van der Waals surface area contributed by atoms with Gasteiger partial charge in [-0.1, -0.05) is 18.6 Å². The van der Waals surface area contributed by atoms with Gasteiger partial charge in [0.15, 0.2) is 5.78 Å². The van der Waals surface area contributed by atoms with Crippen molar-refractivity contribution in [3.05, 3.63) is 65.7 Å². The van der Waals surface area contributed by atoms with Crippen LogP contribution in [0.1, 0.15) is 29.9 Å². The Labute approximate surface area is 134 Å². The molecule has 0 radical (unpaired) electrons. The minimum atomic E-state index is -0.914. The SMILES string of the molecule is C=C/C=C(\C=C(/CF)C(C)=O)NC(=O)c1ccc(C#CC)cn1. The summed E-state index contributed by atoms with van der Waals surface area (Å²) in [5.41, 5.74) is 1.09. The molecular weight excluding hydrogens is 295 g/mol. The lowest BCUT2D eigenvalue weighted by Gasteiger charge is -2.07. The zero-order valence-corrected chi connectivity index (χ0v) is 13.0. The number of amides is 1. The van der Waals surface area contributed by atoms with Gasteiger partial charge in [0, 0.05) is 23.0 Å². The number of alkyl halides is 1. The van der Waals surface area contributed by atoms with Crippen molar-refractivity contribution in [3.8, 4) is 11.8 Å². The second-order valence-corrected chi connectivity index (χ2v) is 4.48. The number of hydrogen-bond donors (Lipinski definition) is 1. The molecule has 0 saturated heterocycles. The van der Waals surface area contributed by atoms with Crippen molar-refractivity contribution < 1.29 is 14.0 Å². The van der Waals surface area contributed by atoms with E-state index in [0.717, 1.165) is 0 Å². The highest BCUT2D eigenvalue weighted by Crippen LogP contribution is 2.06. The van der Waals surface area contributed by atoms with Crippen molar-refractivity contribution in [1.82, 2.24) is 10.3 Å². The number of ketones is 1. The first-order chi connectivity index (χ1) is 11.0. The van der Waals surface area contributed by atoms with Gasteiger partial charge in [-0.15, -0.1) is 5.92 Å². The Hall–Kier alpha value is -3.00. The van der Waals surface area contributed by atoms with Crippen molar-refractivity contribution in [2.75, 3.05) is 6.67 Å². The van der Waals surface area contributed by atoms with Crippen molar-refractivity contribution >= 4 is 11.7 Å². The van der Waals surface area contributed by atoms with Crippen LogP contribution in [0, 0.1) is 11.8 Å². The number of nitrogens with one attached hydrogen (secondary N) is 1. The van der Waals surface area contributed by atoms with Crippen LogP contribution in [0.2, 0.25) is 0 Å². The van der Waals surface area contributed by atoms with Gasteiger partial charge in [-0.3, -0.25) is 9.59 Å². The van der Waals surface area contributed by atoms with Gasteiger partial charge < -0.3 is 5.32 Å². The highest BCUT2D eigenvalue weighted by atomic mass is 19.1. The van der Waals surface area contributed by atoms with Crippen LogP contribution in [0.4, 0.5) is 4.39 Å². The van der Waals surface area contributed by atoms with Gasteiger partial charge in [0.2, 0.25) is 0 Å². The summed E-state index contributed by atoms with van der Waals surface area (Å²) >= 11 is 0. The first-order valence-corrected chi connectivity index (χ1v) is 6.82. The zero-order chi connectivity index (χ0) is 17.2. The third kappa shape index (κ3) is 5.71. The van der Waals surface area contributed by atoms with Crippen molar-refractivity contribution in [3.63, 3.8) is 0 Å². The molecule has 0 aromatic carbocycles. The first-order valence-electron chi connectivity index (χ1n) is 6.82. The van der Waals surface area contributed by atoms with Gasteiger partial charge in [0.05, 0.1) is 0 Å². The average Bonchev–Trinajstić information content (AvgIpc) is 2.53. The summed E-state index contributed by atoms with van der Waals surface area (Å²) in [7, 11) is 0. The molecule has 0 fully saturated rings. The Kier molecular flexibility index (Phi) is 7.15. The molecule has 0 aliphatic heterocycles. The predicted octanol–water partition coefficient (Wildman–Crippen LogP) is 2.74. The summed E-state index contributed by atoms with van der Waals surface area (Å²) in [4.78, 5) is 27.4. The van der Waals surface area contributed by atoms with E-state index in [1.165, 1.54) is 37.4 Å². The fourth-order valence-corrected chi connectivity index (χ4v) is 1.62. The lowest BCUT2D eigenvalue weighted by Crippen LogP contribution is -2.23. The molecule has 4 nitrogen and oxygen atoms in total. The topological polar surface area (TPSA) is 59.1 Å². The maximum Gasteiger partial charge on any atom is 0.274 e. The molecule has 1 heterocycles. The average molecular weight is 312 g/mol. The number of Topliss-reactive ketones (excluding diaryl/α,β-unsaturated/α-hetero) is 1. The van der Waals surface area contributed by atoms with Crippen LogP contribution < -0.4 is 5.32 Å². The molecule has 1 aromatic rings. The van der Waals surface area contributed by atoms with E-state index < -0.39 is 18.4 Å². The largest absolute Gasteiger partial charge is 0.321 e. The summed E-state index contributed by atoms with van der Waals surface area (Å²) in [5, 5.41) is 2.56. The summed E-state index contributed by atoms with van der Waals surface area (Å²) in [5.74, 6) is 4.67. The zero-order valence-electron chi connectivity index (χ0n) is 13.0. The molecule has 0 atom stereocenters. The molecule has 0 spiro atoms. The molecule has 0 aliphatic rings. The van der Waals surface area contributed by atoms with Gasteiger partial charge in [-0.05, 0) is 38.1 Å². The summed E-state index contributed by atoms with van der Waals surface area (Å²) in [6.45, 7) is 5.57. The molecule has 118 valence electrons. The smallest absolute Gasteiger partial charge is 0.274 e. The first kappa shape index (κ1) is 18.1. The molecule has 0 unspecified atom stereocenters. The normalized spacial score (nSPS) is 11.3. The highest BCUT2D eigenvalue weighted by Gasteiger charge is 2.10. The van der Waals surface area contributed by atoms with Crippen molar-refractivity contribution in [2.24, 2.45) is 0 Å². The van der Waals surface area contributed by atoms with E-state index in [9.17, 15) is 14.0 Å². The molecular formula is C18H17FN2O2. The summed E-state index contributed by atoms with van der Waals surface area (Å²) in [6.07, 6.45) is 5.66. The van der Waals surface area contributed by atoms with Crippen LogP contribution in [0.25, 0.3) is 0 Å². The van der Waals surface area contributed by atoms with E-state index in [4.69, 9.17) is 0 Å². The van der Waals surface area contributed by atoms with E-state index in [-0.39, 0.29) is 17.0 Å². The van der Waals surface area contributed by atoms with Crippen LogP contribution in [0.15, 0.2) is 54.4 Å². The van der Waals surface area contributed by atoms with Crippen LogP contribution in [-0.2, 0) is 4.79 Å². The quantitative estimate of drug-likeness (QED) is 0.499. The highest BCUT2D eigenvalue weighted by molar-refractivity contribution is 5.96. The molecule has 0 saturated carbocycles. The number of halogens is 1. The Morgan fingerprint density at radius 1 is 1.43 bits per heavy atom. The van der Waals surface area contributed by atoms with Crippen LogP contribution >= 0.6 is 0 Å². The number of rotatable bonds is 6. The third-order valence-electron chi connectivity index (χ3n) is 2.75. The fourth-order valence-electron chi connectivity index (χ4n) is 1.62. The second-order valence-electron chi connectivity index (χ2n) is 4.48. The minimum Gasteiger partial charge on any atom is -0.321 e. The summed E-state index contributed by atoms with van der Waals surface area (Å²) < 4.78 is 12.8. The van der Waals surface area contributed by atoms with Crippen LogP contribution in [0.3, 0.4) is 0 Å². The Balaban J connectivity index is 2.98. The molecule has 0 bridgehead atoms. The number of hydrogen-bond acceptors (Lipinski definition) is 3. The van der Waals surface area contributed by atoms with Gasteiger partial charge in [0.1, 0.15) is 12.4 Å². The van der Waals surface area contributed by atoms with E-state index in [0.29, 0.717) is 5.56 Å². The molecule has 5 heteroatoms. The Bertz CT molecular complexity index is 720. The van der Waals surface area contributed by atoms with E-state index in [1.54, 1.807) is 13.0 Å². The number of carbonyl (C=O) groups excluding carboxylic acids is 2. The number of pyridine rings is 1. The number of aromatic nitrogens is 1. The van der Waals surface area contributed by atoms with E-state index in [2.05, 4.69) is 28.7 Å².